The lowest BCUT2D eigenvalue weighted by Gasteiger charge is -2.37. The summed E-state index contributed by atoms with van der Waals surface area (Å²) in [7, 11) is 1.80. The van der Waals surface area contributed by atoms with E-state index in [4.69, 9.17) is 21.3 Å². The van der Waals surface area contributed by atoms with Gasteiger partial charge in [-0.15, -0.1) is 0 Å². The molecular formula is C17H21ClN4O2. The van der Waals surface area contributed by atoms with Gasteiger partial charge in [0, 0.05) is 32.0 Å². The minimum absolute atomic E-state index is 0.0520. The Labute approximate surface area is 145 Å². The van der Waals surface area contributed by atoms with E-state index in [-0.39, 0.29) is 11.5 Å². The first kappa shape index (κ1) is 16.0. The van der Waals surface area contributed by atoms with Crippen molar-refractivity contribution in [2.45, 2.75) is 18.8 Å². The second-order valence-electron chi connectivity index (χ2n) is 6.86. The minimum Gasteiger partial charge on any atom is -0.381 e. The quantitative estimate of drug-likeness (QED) is 0.792. The number of fused-ring (bicyclic) bond motifs is 1. The van der Waals surface area contributed by atoms with E-state index >= 15 is 0 Å². The number of hydrogen-bond donors (Lipinski definition) is 0. The van der Waals surface area contributed by atoms with Gasteiger partial charge < -0.3 is 9.64 Å². The second-order valence-corrected chi connectivity index (χ2v) is 7.25. The third kappa shape index (κ3) is 2.94. The van der Waals surface area contributed by atoms with E-state index in [1.54, 1.807) is 23.9 Å². The number of piperidine rings is 1. The van der Waals surface area contributed by atoms with Gasteiger partial charge in [-0.3, -0.25) is 9.36 Å². The topological polar surface area (TPSA) is 60.2 Å². The monoisotopic (exact) mass is 348 g/mol. The molecule has 24 heavy (non-hydrogen) atoms. The SMILES string of the molecule is Cn1c([C@@H]2CCCN(CC3COC3)C2)nc2cnc(Cl)cc2c1=O. The summed E-state index contributed by atoms with van der Waals surface area (Å²) >= 11 is 5.91. The van der Waals surface area contributed by atoms with Crippen LogP contribution in [0.15, 0.2) is 17.1 Å². The Bertz CT molecular complexity index is 818. The predicted octanol–water partition coefficient (Wildman–Crippen LogP) is 1.81. The number of ether oxygens (including phenoxy) is 1. The molecule has 0 amide bonds. The lowest BCUT2D eigenvalue weighted by atomic mass is 9.95. The van der Waals surface area contributed by atoms with Crippen molar-refractivity contribution in [3.63, 3.8) is 0 Å². The summed E-state index contributed by atoms with van der Waals surface area (Å²) < 4.78 is 6.96. The van der Waals surface area contributed by atoms with E-state index < -0.39 is 0 Å². The Morgan fingerprint density at radius 2 is 2.25 bits per heavy atom. The molecule has 0 bridgehead atoms. The van der Waals surface area contributed by atoms with Gasteiger partial charge in [-0.25, -0.2) is 9.97 Å². The Balaban J connectivity index is 1.64. The van der Waals surface area contributed by atoms with Gasteiger partial charge in [-0.05, 0) is 25.5 Å². The normalized spacial score (nSPS) is 22.7. The van der Waals surface area contributed by atoms with E-state index in [0.29, 0.717) is 22.0 Å². The Morgan fingerprint density at radius 3 is 3.00 bits per heavy atom. The van der Waals surface area contributed by atoms with Crippen LogP contribution in [-0.2, 0) is 11.8 Å². The average molecular weight is 349 g/mol. The maximum atomic E-state index is 12.7. The van der Waals surface area contributed by atoms with E-state index in [9.17, 15) is 4.79 Å². The van der Waals surface area contributed by atoms with Crippen LogP contribution in [-0.4, -0.2) is 52.3 Å². The molecule has 2 aromatic rings. The van der Waals surface area contributed by atoms with Gasteiger partial charge in [-0.2, -0.15) is 0 Å². The number of halogens is 1. The summed E-state index contributed by atoms with van der Waals surface area (Å²) in [6.07, 6.45) is 3.78. The van der Waals surface area contributed by atoms with Gasteiger partial charge in [0.25, 0.3) is 5.56 Å². The molecule has 0 saturated carbocycles. The summed E-state index contributed by atoms with van der Waals surface area (Å²) in [5, 5.41) is 0.848. The van der Waals surface area contributed by atoms with Gasteiger partial charge in [0.1, 0.15) is 11.0 Å². The number of pyridine rings is 1. The molecule has 2 fully saturated rings. The Kier molecular flexibility index (Phi) is 4.28. The fraction of sp³-hybridized carbons (Fsp3) is 0.588. The van der Waals surface area contributed by atoms with Crippen LogP contribution in [0.1, 0.15) is 24.6 Å². The maximum absolute atomic E-state index is 12.7. The first-order valence-electron chi connectivity index (χ1n) is 8.44. The van der Waals surface area contributed by atoms with E-state index in [2.05, 4.69) is 9.88 Å². The van der Waals surface area contributed by atoms with Gasteiger partial charge >= 0.3 is 0 Å². The van der Waals surface area contributed by atoms with E-state index in [1.807, 2.05) is 0 Å². The van der Waals surface area contributed by atoms with Crippen molar-refractivity contribution in [2.24, 2.45) is 13.0 Å². The average Bonchev–Trinajstić information content (AvgIpc) is 2.55. The smallest absolute Gasteiger partial charge is 0.261 e. The number of rotatable bonds is 3. The molecule has 6 nitrogen and oxygen atoms in total. The van der Waals surface area contributed by atoms with Crippen molar-refractivity contribution >= 4 is 22.5 Å². The standard InChI is InChI=1S/C17H21ClN4O2/c1-21-16(20-14-6-19-15(18)5-13(14)17(21)23)12-3-2-4-22(8-12)7-11-9-24-10-11/h5-6,11-12H,2-4,7-10H2,1H3/t12-/m1/s1. The molecule has 0 aromatic carbocycles. The highest BCUT2D eigenvalue weighted by molar-refractivity contribution is 6.30. The summed E-state index contributed by atoms with van der Waals surface area (Å²) in [5.74, 6) is 1.78. The van der Waals surface area contributed by atoms with Crippen LogP contribution in [0.4, 0.5) is 0 Å². The number of likely N-dealkylation sites (tertiary alicyclic amines) is 1. The van der Waals surface area contributed by atoms with Crippen molar-refractivity contribution in [3.8, 4) is 0 Å². The number of nitrogens with zero attached hydrogens (tertiary/aromatic N) is 4. The van der Waals surface area contributed by atoms with Crippen molar-refractivity contribution < 1.29 is 4.74 Å². The highest BCUT2D eigenvalue weighted by atomic mass is 35.5. The van der Waals surface area contributed by atoms with Crippen LogP contribution in [0.25, 0.3) is 10.9 Å². The molecule has 7 heteroatoms. The summed E-state index contributed by atoms with van der Waals surface area (Å²) in [6.45, 7) is 4.89. The summed E-state index contributed by atoms with van der Waals surface area (Å²) in [4.78, 5) is 24.0. The molecule has 0 spiro atoms. The third-order valence-corrected chi connectivity index (χ3v) is 5.26. The molecule has 1 atom stereocenters. The highest BCUT2D eigenvalue weighted by Crippen LogP contribution is 2.27. The molecule has 2 aliphatic heterocycles. The van der Waals surface area contributed by atoms with Crippen molar-refractivity contribution in [2.75, 3.05) is 32.8 Å². The number of aromatic nitrogens is 3. The maximum Gasteiger partial charge on any atom is 0.261 e. The van der Waals surface area contributed by atoms with Crippen LogP contribution in [0.2, 0.25) is 5.15 Å². The fourth-order valence-corrected chi connectivity index (χ4v) is 3.88. The lowest BCUT2D eigenvalue weighted by Crippen LogP contribution is -2.44. The Morgan fingerprint density at radius 1 is 1.42 bits per heavy atom. The van der Waals surface area contributed by atoms with Crippen molar-refractivity contribution in [3.05, 3.63) is 33.6 Å². The number of hydrogen-bond acceptors (Lipinski definition) is 5. The van der Waals surface area contributed by atoms with Crippen LogP contribution in [0, 0.1) is 5.92 Å². The molecule has 2 saturated heterocycles. The summed E-state index contributed by atoms with van der Waals surface area (Å²) in [6, 6.07) is 1.60. The Hall–Kier alpha value is -1.50. The zero-order valence-corrected chi connectivity index (χ0v) is 14.5. The molecule has 0 N–H and O–H groups in total. The first-order valence-corrected chi connectivity index (χ1v) is 8.82. The van der Waals surface area contributed by atoms with Crippen molar-refractivity contribution in [1.82, 2.24) is 19.4 Å². The van der Waals surface area contributed by atoms with Crippen LogP contribution < -0.4 is 5.56 Å². The highest BCUT2D eigenvalue weighted by Gasteiger charge is 2.28. The van der Waals surface area contributed by atoms with Crippen molar-refractivity contribution in [1.29, 1.82) is 0 Å². The largest absolute Gasteiger partial charge is 0.381 e. The molecule has 4 heterocycles. The van der Waals surface area contributed by atoms with Gasteiger partial charge in [0.2, 0.25) is 0 Å². The summed E-state index contributed by atoms with van der Waals surface area (Å²) in [5.41, 5.74) is 0.575. The molecule has 0 aliphatic carbocycles. The van der Waals surface area contributed by atoms with Gasteiger partial charge in [-0.1, -0.05) is 11.6 Å². The van der Waals surface area contributed by atoms with E-state index in [1.165, 1.54) is 0 Å². The third-order valence-electron chi connectivity index (χ3n) is 5.06. The molecule has 2 aromatic heterocycles. The van der Waals surface area contributed by atoms with Gasteiger partial charge in [0.15, 0.2) is 0 Å². The molecule has 0 unspecified atom stereocenters. The lowest BCUT2D eigenvalue weighted by molar-refractivity contribution is -0.0492. The molecular weight excluding hydrogens is 328 g/mol. The molecule has 4 rings (SSSR count). The van der Waals surface area contributed by atoms with E-state index in [0.717, 1.165) is 51.5 Å². The van der Waals surface area contributed by atoms with Crippen LogP contribution in [0.5, 0.6) is 0 Å². The van der Waals surface area contributed by atoms with Crippen LogP contribution in [0.3, 0.4) is 0 Å². The molecule has 2 aliphatic rings. The zero-order valence-electron chi connectivity index (χ0n) is 13.7. The van der Waals surface area contributed by atoms with Crippen LogP contribution >= 0.6 is 11.6 Å². The second kappa shape index (κ2) is 6.43. The predicted molar refractivity (Wildman–Crippen MR) is 92.5 cm³/mol. The zero-order chi connectivity index (χ0) is 16.7. The molecule has 0 radical (unpaired) electrons. The minimum atomic E-state index is -0.0520. The first-order chi connectivity index (χ1) is 11.6. The van der Waals surface area contributed by atoms with Gasteiger partial charge in [0.05, 0.1) is 30.3 Å². The molecule has 128 valence electrons. The fourth-order valence-electron chi connectivity index (χ4n) is 3.72.